The molecule has 1 heterocycles. The highest BCUT2D eigenvalue weighted by Crippen LogP contribution is 2.13. The van der Waals surface area contributed by atoms with E-state index in [4.69, 9.17) is 4.42 Å². The molecule has 0 aliphatic rings. The molecule has 0 aliphatic heterocycles. The summed E-state index contributed by atoms with van der Waals surface area (Å²) < 4.78 is 5.03. The number of benzene rings is 2. The van der Waals surface area contributed by atoms with Crippen LogP contribution in [-0.2, 0) is 0 Å². The lowest BCUT2D eigenvalue weighted by Crippen LogP contribution is -2.19. The van der Waals surface area contributed by atoms with Crippen molar-refractivity contribution in [3.05, 3.63) is 93.9 Å². The highest BCUT2D eigenvalue weighted by Gasteiger charge is 2.10. The van der Waals surface area contributed by atoms with Gasteiger partial charge in [0.25, 0.3) is 17.5 Å². The number of hydrogen-bond donors (Lipinski definition) is 2. The Balaban J connectivity index is 1.61. The molecule has 0 saturated carbocycles. The maximum Gasteiger partial charge on any atom is 0.291 e. The summed E-state index contributed by atoms with van der Waals surface area (Å²) in [7, 11) is 0. The fourth-order valence-electron chi connectivity index (χ4n) is 2.39. The van der Waals surface area contributed by atoms with Crippen molar-refractivity contribution in [1.82, 2.24) is 5.43 Å². The van der Waals surface area contributed by atoms with Gasteiger partial charge in [0, 0.05) is 23.4 Å². The second-order valence-electron chi connectivity index (χ2n) is 5.95. The number of hydrazone groups is 1. The summed E-state index contributed by atoms with van der Waals surface area (Å²) in [6, 6.07) is 15.3. The Morgan fingerprint density at radius 1 is 0.966 bits per heavy atom. The van der Waals surface area contributed by atoms with E-state index in [2.05, 4.69) is 15.8 Å². The summed E-state index contributed by atoms with van der Waals surface area (Å²) >= 11 is 0. The lowest BCUT2D eigenvalue weighted by atomic mass is 10.1. The molecular weight excluding hydrogens is 376 g/mol. The summed E-state index contributed by atoms with van der Waals surface area (Å²) in [6.07, 6.45) is 1.42. The quantitative estimate of drug-likeness (QED) is 0.376. The number of nitro groups is 1. The maximum absolute atomic E-state index is 12.1. The Morgan fingerprint density at radius 3 is 2.21 bits per heavy atom. The summed E-state index contributed by atoms with van der Waals surface area (Å²) in [4.78, 5) is 34.2. The van der Waals surface area contributed by atoms with Gasteiger partial charge in [-0.15, -0.1) is 0 Å². The number of non-ortho nitro benzene ring substituents is 1. The molecule has 2 N–H and O–H groups in total. The van der Waals surface area contributed by atoms with Gasteiger partial charge in [0.15, 0.2) is 5.76 Å². The van der Waals surface area contributed by atoms with Crippen LogP contribution in [0.3, 0.4) is 0 Å². The zero-order valence-corrected chi connectivity index (χ0v) is 15.3. The van der Waals surface area contributed by atoms with Crippen molar-refractivity contribution in [2.75, 3.05) is 5.32 Å². The smallest absolute Gasteiger partial charge is 0.291 e. The van der Waals surface area contributed by atoms with Crippen LogP contribution in [0.5, 0.6) is 0 Å². The average Bonchev–Trinajstić information content (AvgIpc) is 3.27. The standard InChI is InChI=1S/C20H16N4O5/c1-13(22-23-19(25)15-6-10-17(11-7-15)24(27)28)14-4-8-16(9-5-14)21-20(26)18-3-2-12-29-18/h2-12H,1H3,(H,21,26)(H,23,25). The highest BCUT2D eigenvalue weighted by atomic mass is 16.6. The van der Waals surface area contributed by atoms with Crippen LogP contribution in [0.2, 0.25) is 0 Å². The Hall–Kier alpha value is -4.27. The van der Waals surface area contributed by atoms with Gasteiger partial charge in [-0.3, -0.25) is 19.7 Å². The van der Waals surface area contributed by atoms with Crippen molar-refractivity contribution in [3.63, 3.8) is 0 Å². The minimum atomic E-state index is -0.537. The zero-order chi connectivity index (χ0) is 20.8. The highest BCUT2D eigenvalue weighted by molar-refractivity contribution is 6.03. The lowest BCUT2D eigenvalue weighted by molar-refractivity contribution is -0.384. The SMILES string of the molecule is CC(=NNC(=O)c1ccc([N+](=O)[O-])cc1)c1ccc(NC(=O)c2ccco2)cc1. The van der Waals surface area contributed by atoms with Crippen molar-refractivity contribution in [2.24, 2.45) is 5.10 Å². The van der Waals surface area contributed by atoms with Gasteiger partial charge in [0.05, 0.1) is 16.9 Å². The van der Waals surface area contributed by atoms with Gasteiger partial charge in [-0.2, -0.15) is 5.10 Å². The van der Waals surface area contributed by atoms with Crippen LogP contribution >= 0.6 is 0 Å². The van der Waals surface area contributed by atoms with E-state index in [-0.39, 0.29) is 22.9 Å². The Morgan fingerprint density at radius 2 is 1.62 bits per heavy atom. The van der Waals surface area contributed by atoms with E-state index in [9.17, 15) is 19.7 Å². The van der Waals surface area contributed by atoms with Crippen LogP contribution in [0.1, 0.15) is 33.4 Å². The number of rotatable bonds is 6. The van der Waals surface area contributed by atoms with Crippen LogP contribution < -0.4 is 10.7 Å². The van der Waals surface area contributed by atoms with E-state index < -0.39 is 10.8 Å². The van der Waals surface area contributed by atoms with E-state index >= 15 is 0 Å². The number of nitrogens with one attached hydrogen (secondary N) is 2. The number of furan rings is 1. The van der Waals surface area contributed by atoms with E-state index in [1.54, 1.807) is 43.3 Å². The third-order valence-electron chi connectivity index (χ3n) is 3.97. The van der Waals surface area contributed by atoms with E-state index in [1.807, 2.05) is 0 Å². The number of amides is 2. The second kappa shape index (κ2) is 8.61. The van der Waals surface area contributed by atoms with Crippen molar-refractivity contribution in [2.45, 2.75) is 6.92 Å². The van der Waals surface area contributed by atoms with Gasteiger partial charge in [-0.25, -0.2) is 5.43 Å². The fourth-order valence-corrected chi connectivity index (χ4v) is 2.39. The molecule has 0 bridgehead atoms. The van der Waals surface area contributed by atoms with E-state index in [0.29, 0.717) is 11.4 Å². The third kappa shape index (κ3) is 4.92. The van der Waals surface area contributed by atoms with Crippen LogP contribution in [0.25, 0.3) is 0 Å². The number of hydrogen-bond acceptors (Lipinski definition) is 6. The Kier molecular flexibility index (Phi) is 5.79. The molecule has 0 unspecified atom stereocenters. The van der Waals surface area contributed by atoms with Crippen LogP contribution in [0.4, 0.5) is 11.4 Å². The van der Waals surface area contributed by atoms with Crippen molar-refractivity contribution >= 4 is 28.9 Å². The molecule has 29 heavy (non-hydrogen) atoms. The van der Waals surface area contributed by atoms with Crippen LogP contribution in [-0.4, -0.2) is 22.4 Å². The molecule has 1 aromatic heterocycles. The fraction of sp³-hybridized carbons (Fsp3) is 0.0500. The molecule has 0 aliphatic carbocycles. The molecule has 146 valence electrons. The molecule has 0 fully saturated rings. The molecule has 3 aromatic rings. The molecule has 0 saturated heterocycles. The topological polar surface area (TPSA) is 127 Å². The van der Waals surface area contributed by atoms with E-state index in [0.717, 1.165) is 5.56 Å². The monoisotopic (exact) mass is 392 g/mol. The molecule has 2 aromatic carbocycles. The number of nitrogens with zero attached hydrogens (tertiary/aromatic N) is 2. The van der Waals surface area contributed by atoms with Gasteiger partial charge in [0.1, 0.15) is 0 Å². The molecule has 9 nitrogen and oxygen atoms in total. The molecular formula is C20H16N4O5. The molecule has 0 atom stereocenters. The van der Waals surface area contributed by atoms with Gasteiger partial charge < -0.3 is 9.73 Å². The van der Waals surface area contributed by atoms with E-state index in [1.165, 1.54) is 30.5 Å². The van der Waals surface area contributed by atoms with Gasteiger partial charge in [-0.1, -0.05) is 12.1 Å². The predicted octanol–water partition coefficient (Wildman–Crippen LogP) is 3.59. The number of anilines is 1. The molecule has 3 rings (SSSR count). The first kappa shape index (κ1) is 19.5. The minimum Gasteiger partial charge on any atom is -0.459 e. The van der Waals surface area contributed by atoms with Crippen molar-refractivity contribution < 1.29 is 18.9 Å². The van der Waals surface area contributed by atoms with Gasteiger partial charge in [0.2, 0.25) is 0 Å². The molecule has 0 spiro atoms. The van der Waals surface area contributed by atoms with Crippen molar-refractivity contribution in [1.29, 1.82) is 0 Å². The van der Waals surface area contributed by atoms with Crippen molar-refractivity contribution in [3.8, 4) is 0 Å². The molecule has 2 amide bonds. The predicted molar refractivity (Wildman–Crippen MR) is 106 cm³/mol. The Bertz CT molecular complexity index is 1060. The first-order valence-electron chi connectivity index (χ1n) is 8.48. The number of carbonyl (C=O) groups is 2. The van der Waals surface area contributed by atoms with Crippen LogP contribution in [0, 0.1) is 10.1 Å². The number of nitro benzene ring substituents is 1. The van der Waals surface area contributed by atoms with Gasteiger partial charge in [-0.05, 0) is 48.9 Å². The summed E-state index contributed by atoms with van der Waals surface area (Å²) in [5.41, 5.74) is 4.43. The largest absolute Gasteiger partial charge is 0.459 e. The lowest BCUT2D eigenvalue weighted by Gasteiger charge is -2.06. The van der Waals surface area contributed by atoms with Gasteiger partial charge >= 0.3 is 0 Å². The average molecular weight is 392 g/mol. The normalized spacial score (nSPS) is 11.0. The summed E-state index contributed by atoms with van der Waals surface area (Å²) in [6.45, 7) is 1.71. The summed E-state index contributed by atoms with van der Waals surface area (Å²) in [5.74, 6) is -0.633. The number of carbonyl (C=O) groups excluding carboxylic acids is 2. The maximum atomic E-state index is 12.1. The molecule has 9 heteroatoms. The molecule has 0 radical (unpaired) electrons. The Labute approximate surface area is 165 Å². The minimum absolute atomic E-state index is 0.0968. The van der Waals surface area contributed by atoms with Crippen LogP contribution in [0.15, 0.2) is 76.4 Å². The first-order chi connectivity index (χ1) is 13.9. The summed E-state index contributed by atoms with van der Waals surface area (Å²) in [5, 5.41) is 17.4. The first-order valence-corrected chi connectivity index (χ1v) is 8.48. The second-order valence-corrected chi connectivity index (χ2v) is 5.95. The zero-order valence-electron chi connectivity index (χ0n) is 15.3. The third-order valence-corrected chi connectivity index (χ3v) is 3.97.